The average Bonchev–Trinajstić information content (AvgIpc) is 2.90. The summed E-state index contributed by atoms with van der Waals surface area (Å²) in [4.78, 5) is 20.3. The molecule has 5 heterocycles. The number of thiophene rings is 1. The number of hydrogen-bond acceptors (Lipinski definition) is 5. The summed E-state index contributed by atoms with van der Waals surface area (Å²) in [6.07, 6.45) is 4.09. The van der Waals surface area contributed by atoms with E-state index in [4.69, 9.17) is 0 Å². The molecular weight excluding hydrogens is 302 g/mol. The Morgan fingerprint density at radius 1 is 1.43 bits per heavy atom. The molecule has 3 aliphatic rings. The molecule has 2 aromatic rings. The van der Waals surface area contributed by atoms with Gasteiger partial charge in [-0.3, -0.25) is 4.79 Å². The highest BCUT2D eigenvalue weighted by atomic mass is 32.1. The number of nitrogens with one attached hydrogen (secondary N) is 1. The number of pyridine rings is 1. The molecule has 110 valence electrons. The van der Waals surface area contributed by atoms with Crippen molar-refractivity contribution in [1.29, 1.82) is 0 Å². The van der Waals surface area contributed by atoms with E-state index in [0.29, 0.717) is 11.6 Å². The molecule has 4 nitrogen and oxygen atoms in total. The topological polar surface area (TPSA) is 45.2 Å². The van der Waals surface area contributed by atoms with Crippen LogP contribution in [0.5, 0.6) is 0 Å². The highest BCUT2D eigenvalue weighted by molar-refractivity contribution is 7.80. The van der Waals surface area contributed by atoms with Gasteiger partial charge in [0.2, 0.25) is 0 Å². The lowest BCUT2D eigenvalue weighted by molar-refractivity contribution is 0.0619. The number of carbonyl (C=O) groups excluding carboxylic acids is 1. The van der Waals surface area contributed by atoms with Gasteiger partial charge in [0.05, 0.1) is 4.70 Å². The van der Waals surface area contributed by atoms with Crippen molar-refractivity contribution in [1.82, 2.24) is 15.2 Å². The lowest BCUT2D eigenvalue weighted by atomic mass is 9.84. The monoisotopic (exact) mass is 319 g/mol. The Morgan fingerprint density at radius 2 is 2.24 bits per heavy atom. The Labute approximate surface area is 133 Å². The van der Waals surface area contributed by atoms with Crippen LogP contribution in [0, 0.1) is 5.92 Å². The maximum absolute atomic E-state index is 12.6. The molecule has 0 saturated carbocycles. The quantitative estimate of drug-likeness (QED) is 0.836. The number of thiol groups is 1. The zero-order valence-corrected chi connectivity index (χ0v) is 13.3. The zero-order chi connectivity index (χ0) is 14.4. The molecule has 3 saturated heterocycles. The van der Waals surface area contributed by atoms with Crippen LogP contribution in [0.3, 0.4) is 0 Å². The summed E-state index contributed by atoms with van der Waals surface area (Å²) >= 11 is 5.96. The lowest BCUT2D eigenvalue weighted by Crippen LogP contribution is -2.57. The molecule has 6 heteroatoms. The summed E-state index contributed by atoms with van der Waals surface area (Å²) < 4.78 is 0.932. The minimum Gasteiger partial charge on any atom is -0.346 e. The average molecular weight is 319 g/mol. The molecule has 0 spiro atoms. The van der Waals surface area contributed by atoms with Crippen LogP contribution >= 0.6 is 24.0 Å². The molecule has 1 atom stereocenters. The highest BCUT2D eigenvalue weighted by Gasteiger charge is 2.35. The van der Waals surface area contributed by atoms with Gasteiger partial charge in [-0.1, -0.05) is 0 Å². The molecule has 0 aliphatic carbocycles. The van der Waals surface area contributed by atoms with E-state index < -0.39 is 0 Å². The second-order valence-electron chi connectivity index (χ2n) is 5.88. The van der Waals surface area contributed by atoms with Gasteiger partial charge in [0, 0.05) is 34.4 Å². The van der Waals surface area contributed by atoms with Crippen molar-refractivity contribution >= 4 is 40.0 Å². The molecule has 0 radical (unpaired) electrons. The van der Waals surface area contributed by atoms with Gasteiger partial charge in [0.15, 0.2) is 0 Å². The number of rotatable bonds is 2. The molecule has 2 bridgehead atoms. The van der Waals surface area contributed by atoms with Gasteiger partial charge in [-0.25, -0.2) is 4.98 Å². The van der Waals surface area contributed by atoms with Crippen molar-refractivity contribution in [3.05, 3.63) is 23.3 Å². The molecule has 5 rings (SSSR count). The molecule has 0 unspecified atom stereocenters. The normalized spacial score (nSPS) is 28.0. The second-order valence-corrected chi connectivity index (χ2v) is 7.24. The molecule has 2 aromatic heterocycles. The predicted octanol–water partition coefficient (Wildman–Crippen LogP) is 2.41. The minimum absolute atomic E-state index is 0.0467. The second kappa shape index (κ2) is 5.26. The van der Waals surface area contributed by atoms with Crippen LogP contribution in [-0.4, -0.2) is 41.5 Å². The van der Waals surface area contributed by atoms with Crippen LogP contribution in [0.15, 0.2) is 22.5 Å². The smallest absolute Gasteiger partial charge is 0.271 e. The maximum atomic E-state index is 12.6. The third-order valence-corrected chi connectivity index (χ3v) is 6.20. The van der Waals surface area contributed by atoms with Gasteiger partial charge in [-0.2, -0.15) is 0 Å². The van der Waals surface area contributed by atoms with Gasteiger partial charge >= 0.3 is 0 Å². The number of fused-ring (bicyclic) bond motifs is 4. The van der Waals surface area contributed by atoms with E-state index in [1.165, 1.54) is 37.3 Å². The summed E-state index contributed by atoms with van der Waals surface area (Å²) in [6.45, 7) is 3.34. The molecule has 0 aromatic carbocycles. The Balaban J connectivity index is 1.59. The zero-order valence-electron chi connectivity index (χ0n) is 11.6. The third kappa shape index (κ3) is 2.35. The van der Waals surface area contributed by atoms with E-state index in [0.717, 1.165) is 21.5 Å². The number of carbonyl (C=O) groups is 1. The van der Waals surface area contributed by atoms with E-state index in [9.17, 15) is 4.79 Å². The summed E-state index contributed by atoms with van der Waals surface area (Å²) in [5.74, 6) is 0.580. The Kier molecular flexibility index (Phi) is 3.40. The molecule has 3 fully saturated rings. The SMILES string of the molecule is O=C(N[C@H]1CN2CCC1CC2)c1nccc2c(S)csc12. The van der Waals surface area contributed by atoms with Crippen LogP contribution in [0.2, 0.25) is 0 Å². The highest BCUT2D eigenvalue weighted by Crippen LogP contribution is 2.31. The van der Waals surface area contributed by atoms with Gasteiger partial charge < -0.3 is 10.2 Å². The van der Waals surface area contributed by atoms with Crippen molar-refractivity contribution in [2.24, 2.45) is 5.92 Å². The van der Waals surface area contributed by atoms with Crippen molar-refractivity contribution < 1.29 is 4.79 Å². The first-order valence-corrected chi connectivity index (χ1v) is 8.63. The number of piperidine rings is 3. The molecular formula is C15H17N3OS2. The van der Waals surface area contributed by atoms with Crippen molar-refractivity contribution in [3.8, 4) is 0 Å². The first kappa shape index (κ1) is 13.5. The summed E-state index contributed by atoms with van der Waals surface area (Å²) in [5, 5.41) is 6.18. The standard InChI is InChI=1S/C15H17N3OS2/c19-15(17-11-7-18-5-2-9(11)3-6-18)13-14-10(1-4-16-13)12(20)8-21-14/h1,4,8-9,11,20H,2-3,5-7H2,(H,17,19)/t11-/m0/s1. The molecule has 1 N–H and O–H groups in total. The van der Waals surface area contributed by atoms with E-state index >= 15 is 0 Å². The van der Waals surface area contributed by atoms with Gasteiger partial charge in [-0.05, 0) is 37.9 Å². The summed E-state index contributed by atoms with van der Waals surface area (Å²) in [7, 11) is 0. The van der Waals surface area contributed by atoms with Crippen LogP contribution in [0.1, 0.15) is 23.3 Å². The van der Waals surface area contributed by atoms with E-state index in [1.807, 2.05) is 11.4 Å². The first-order chi connectivity index (χ1) is 10.2. The van der Waals surface area contributed by atoms with Gasteiger partial charge in [-0.15, -0.1) is 24.0 Å². The van der Waals surface area contributed by atoms with E-state index in [2.05, 4.69) is 27.8 Å². The fraction of sp³-hybridized carbons (Fsp3) is 0.467. The summed E-state index contributed by atoms with van der Waals surface area (Å²) in [6, 6.07) is 2.19. The summed E-state index contributed by atoms with van der Waals surface area (Å²) in [5.41, 5.74) is 0.536. The molecule has 3 aliphatic heterocycles. The van der Waals surface area contributed by atoms with E-state index in [-0.39, 0.29) is 11.9 Å². The Morgan fingerprint density at radius 3 is 2.95 bits per heavy atom. The fourth-order valence-corrected chi connectivity index (χ4v) is 4.81. The molecule has 1 amide bonds. The number of nitrogens with zero attached hydrogens (tertiary/aromatic N) is 2. The predicted molar refractivity (Wildman–Crippen MR) is 87.3 cm³/mol. The van der Waals surface area contributed by atoms with Crippen LogP contribution < -0.4 is 5.32 Å². The number of hydrogen-bond donors (Lipinski definition) is 2. The third-order valence-electron chi connectivity index (χ3n) is 4.66. The Bertz CT molecular complexity index is 691. The van der Waals surface area contributed by atoms with Crippen molar-refractivity contribution in [2.75, 3.05) is 19.6 Å². The van der Waals surface area contributed by atoms with Crippen LogP contribution in [0.25, 0.3) is 10.1 Å². The van der Waals surface area contributed by atoms with Gasteiger partial charge in [0.1, 0.15) is 5.69 Å². The van der Waals surface area contributed by atoms with Gasteiger partial charge in [0.25, 0.3) is 5.91 Å². The van der Waals surface area contributed by atoms with E-state index in [1.54, 1.807) is 6.20 Å². The minimum atomic E-state index is -0.0467. The van der Waals surface area contributed by atoms with Crippen molar-refractivity contribution in [2.45, 2.75) is 23.8 Å². The van der Waals surface area contributed by atoms with Crippen LogP contribution in [0.4, 0.5) is 0 Å². The first-order valence-electron chi connectivity index (χ1n) is 7.31. The Hall–Kier alpha value is -1.11. The molecule has 21 heavy (non-hydrogen) atoms. The van der Waals surface area contributed by atoms with Crippen LogP contribution in [-0.2, 0) is 0 Å². The largest absolute Gasteiger partial charge is 0.346 e. The number of amides is 1. The fourth-order valence-electron chi connectivity index (χ4n) is 3.47. The van der Waals surface area contributed by atoms with Crippen molar-refractivity contribution in [3.63, 3.8) is 0 Å². The maximum Gasteiger partial charge on any atom is 0.271 e. The lowest BCUT2D eigenvalue weighted by Gasteiger charge is -2.44. The number of aromatic nitrogens is 1.